The number of amidine groups is 1. The molecule has 1 atom stereocenters. The molecule has 0 aromatic heterocycles. The summed E-state index contributed by atoms with van der Waals surface area (Å²) in [6.07, 6.45) is -4.70. The molecule has 2 amide bonds. The number of carbonyl (C=O) groups excluding carboxylic acids is 2. The van der Waals surface area contributed by atoms with Gasteiger partial charge in [0.05, 0.1) is 16.3 Å². The van der Waals surface area contributed by atoms with Crippen molar-refractivity contribution in [3.63, 3.8) is 0 Å². The smallest absolute Gasteiger partial charge is 0.325 e. The fourth-order valence-electron chi connectivity index (χ4n) is 2.60. The molecule has 0 saturated carbocycles. The van der Waals surface area contributed by atoms with Crippen LogP contribution in [0.1, 0.15) is 12.0 Å². The Hall–Kier alpha value is -2.04. The van der Waals surface area contributed by atoms with Crippen molar-refractivity contribution in [3.05, 3.63) is 57.5 Å². The van der Waals surface area contributed by atoms with Crippen LogP contribution >= 0.6 is 39.3 Å². The van der Waals surface area contributed by atoms with E-state index >= 15 is 0 Å². The fraction of sp³-hybridized carbons (Fsp3) is 0.211. The molecule has 1 aliphatic heterocycles. The zero-order valence-electron chi connectivity index (χ0n) is 15.3. The van der Waals surface area contributed by atoms with Gasteiger partial charge >= 0.3 is 6.18 Å². The molecule has 3 rings (SSSR count). The maximum atomic E-state index is 13.1. The number of nitrogens with zero attached hydrogens (tertiary/aromatic N) is 2. The van der Waals surface area contributed by atoms with Crippen molar-refractivity contribution in [2.45, 2.75) is 17.8 Å². The van der Waals surface area contributed by atoms with Crippen LogP contribution in [-0.4, -0.2) is 34.2 Å². The summed E-state index contributed by atoms with van der Waals surface area (Å²) in [6, 6.07) is 10.2. The molecule has 1 unspecified atom stereocenters. The molecule has 158 valence electrons. The lowest BCUT2D eigenvalue weighted by molar-refractivity contribution is -0.137. The highest BCUT2D eigenvalue weighted by molar-refractivity contribution is 9.10. The minimum Gasteiger partial charge on any atom is -0.325 e. The molecule has 2 aromatic carbocycles. The van der Waals surface area contributed by atoms with Gasteiger partial charge < -0.3 is 5.32 Å². The molecule has 30 heavy (non-hydrogen) atoms. The van der Waals surface area contributed by atoms with E-state index in [9.17, 15) is 22.8 Å². The zero-order chi connectivity index (χ0) is 22.1. The average Bonchev–Trinajstić information content (AvgIpc) is 2.65. The number of rotatable bonds is 3. The molecule has 0 bridgehead atoms. The summed E-state index contributed by atoms with van der Waals surface area (Å²) in [5.74, 6) is -0.772. The summed E-state index contributed by atoms with van der Waals surface area (Å²) >= 11 is 9.95. The molecular formula is C19H14BrClF3N3O2S. The van der Waals surface area contributed by atoms with E-state index in [1.54, 1.807) is 24.3 Å². The largest absolute Gasteiger partial charge is 0.417 e. The molecule has 1 saturated heterocycles. The van der Waals surface area contributed by atoms with Gasteiger partial charge in [0.15, 0.2) is 5.17 Å². The van der Waals surface area contributed by atoms with Crippen LogP contribution in [0.3, 0.4) is 0 Å². The Morgan fingerprint density at radius 3 is 2.70 bits per heavy atom. The van der Waals surface area contributed by atoms with Crippen LogP contribution in [0.25, 0.3) is 0 Å². The minimum atomic E-state index is -4.64. The maximum Gasteiger partial charge on any atom is 0.417 e. The fourth-order valence-corrected chi connectivity index (χ4v) is 4.29. The predicted molar refractivity (Wildman–Crippen MR) is 115 cm³/mol. The van der Waals surface area contributed by atoms with Crippen LogP contribution in [0.5, 0.6) is 0 Å². The third kappa shape index (κ3) is 5.35. The number of halogens is 5. The van der Waals surface area contributed by atoms with Crippen LogP contribution < -0.4 is 5.32 Å². The van der Waals surface area contributed by atoms with E-state index in [2.05, 4.69) is 26.2 Å². The number of aliphatic imine (C=N–C) groups is 1. The molecular weight excluding hydrogens is 507 g/mol. The van der Waals surface area contributed by atoms with E-state index in [1.807, 2.05) is 0 Å². The number of hydrogen-bond acceptors (Lipinski definition) is 4. The molecule has 1 N–H and O–H groups in total. The van der Waals surface area contributed by atoms with Crippen LogP contribution in [0, 0.1) is 0 Å². The van der Waals surface area contributed by atoms with E-state index in [4.69, 9.17) is 11.6 Å². The third-order valence-corrected chi connectivity index (χ3v) is 6.20. The Morgan fingerprint density at radius 2 is 2.03 bits per heavy atom. The highest BCUT2D eigenvalue weighted by Gasteiger charge is 2.35. The van der Waals surface area contributed by atoms with E-state index in [0.29, 0.717) is 5.69 Å². The topological polar surface area (TPSA) is 61.8 Å². The Balaban J connectivity index is 1.84. The SMILES string of the molecule is CN1C(=O)CC(C(=O)Nc2cccc(Br)c2)SC1=Nc1ccc(Cl)c(C(F)(F)F)c1. The molecule has 1 heterocycles. The average molecular weight is 521 g/mol. The van der Waals surface area contributed by atoms with Crippen molar-refractivity contribution >= 4 is 67.6 Å². The van der Waals surface area contributed by atoms with Gasteiger partial charge in [0.1, 0.15) is 5.25 Å². The molecule has 0 spiro atoms. The van der Waals surface area contributed by atoms with Gasteiger partial charge in [-0.25, -0.2) is 4.99 Å². The second kappa shape index (κ2) is 8.99. The number of hydrogen-bond donors (Lipinski definition) is 1. The number of thioether (sulfide) groups is 1. The second-order valence-corrected chi connectivity index (χ2v) is 8.81. The summed E-state index contributed by atoms with van der Waals surface area (Å²) in [5, 5.41) is 1.63. The Morgan fingerprint density at radius 1 is 1.30 bits per heavy atom. The number of amides is 2. The van der Waals surface area contributed by atoms with E-state index in [0.717, 1.165) is 28.4 Å². The summed E-state index contributed by atoms with van der Waals surface area (Å²) in [5.41, 5.74) is -0.501. The van der Waals surface area contributed by atoms with Crippen molar-refractivity contribution in [2.75, 3.05) is 12.4 Å². The monoisotopic (exact) mass is 519 g/mol. The van der Waals surface area contributed by atoms with Crippen LogP contribution in [0.4, 0.5) is 24.5 Å². The lowest BCUT2D eigenvalue weighted by Crippen LogP contribution is -2.43. The number of carbonyl (C=O) groups is 2. The number of nitrogens with one attached hydrogen (secondary N) is 1. The first-order valence-electron chi connectivity index (χ1n) is 8.49. The quantitative estimate of drug-likeness (QED) is 0.564. The molecule has 11 heteroatoms. The first kappa shape index (κ1) is 22.6. The van der Waals surface area contributed by atoms with Gasteiger partial charge in [0, 0.05) is 23.6 Å². The number of alkyl halides is 3. The van der Waals surface area contributed by atoms with Crippen LogP contribution in [0.15, 0.2) is 51.9 Å². The molecule has 5 nitrogen and oxygen atoms in total. The zero-order valence-corrected chi connectivity index (χ0v) is 18.5. The number of anilines is 1. The van der Waals surface area contributed by atoms with Crippen molar-refractivity contribution in [2.24, 2.45) is 4.99 Å². The highest BCUT2D eigenvalue weighted by Crippen LogP contribution is 2.37. The molecule has 0 aliphatic carbocycles. The van der Waals surface area contributed by atoms with Gasteiger partial charge in [0.2, 0.25) is 11.8 Å². The Labute approximate surface area is 187 Å². The lowest BCUT2D eigenvalue weighted by Gasteiger charge is -2.28. The normalized spacial score (nSPS) is 18.6. The van der Waals surface area contributed by atoms with Crippen molar-refractivity contribution in [1.29, 1.82) is 0 Å². The van der Waals surface area contributed by atoms with E-state index in [-0.39, 0.29) is 23.2 Å². The number of benzene rings is 2. The van der Waals surface area contributed by atoms with Crippen molar-refractivity contribution < 1.29 is 22.8 Å². The van der Waals surface area contributed by atoms with E-state index < -0.39 is 27.9 Å². The maximum absolute atomic E-state index is 13.1. The highest BCUT2D eigenvalue weighted by atomic mass is 79.9. The second-order valence-electron chi connectivity index (χ2n) is 6.32. The van der Waals surface area contributed by atoms with Gasteiger partial charge in [-0.3, -0.25) is 14.5 Å². The predicted octanol–water partition coefficient (Wildman–Crippen LogP) is 5.71. The van der Waals surface area contributed by atoms with E-state index in [1.165, 1.54) is 18.0 Å². The van der Waals surface area contributed by atoms with Gasteiger partial charge in [0.25, 0.3) is 0 Å². The standard InChI is InChI=1S/C19H14BrClF3N3O2S/c1-27-16(28)9-15(17(29)25-11-4-2-3-10(20)7-11)30-18(27)26-12-5-6-14(21)13(8-12)19(22,23)24/h2-8,15H,9H2,1H3,(H,25,29). The van der Waals surface area contributed by atoms with Gasteiger partial charge in [-0.1, -0.05) is 45.4 Å². The summed E-state index contributed by atoms with van der Waals surface area (Å²) in [7, 11) is 1.46. The van der Waals surface area contributed by atoms with Crippen molar-refractivity contribution in [1.82, 2.24) is 4.90 Å². The van der Waals surface area contributed by atoms with Crippen LogP contribution in [0.2, 0.25) is 5.02 Å². The van der Waals surface area contributed by atoms with Crippen molar-refractivity contribution in [3.8, 4) is 0 Å². The summed E-state index contributed by atoms with van der Waals surface area (Å²) in [4.78, 5) is 30.3. The van der Waals surface area contributed by atoms with Gasteiger partial charge in [-0.05, 0) is 36.4 Å². The lowest BCUT2D eigenvalue weighted by atomic mass is 10.2. The molecule has 2 aromatic rings. The minimum absolute atomic E-state index is 0.0260. The summed E-state index contributed by atoms with van der Waals surface area (Å²) in [6.45, 7) is 0. The Kier molecular flexibility index (Phi) is 6.78. The Bertz CT molecular complexity index is 1030. The van der Waals surface area contributed by atoms with Gasteiger partial charge in [-0.15, -0.1) is 0 Å². The van der Waals surface area contributed by atoms with Gasteiger partial charge in [-0.2, -0.15) is 13.2 Å². The first-order chi connectivity index (χ1) is 14.0. The molecule has 1 aliphatic rings. The molecule has 1 fully saturated rings. The molecule has 0 radical (unpaired) electrons. The first-order valence-corrected chi connectivity index (χ1v) is 10.5. The third-order valence-electron chi connectivity index (χ3n) is 4.13. The van der Waals surface area contributed by atoms with Crippen LogP contribution in [-0.2, 0) is 15.8 Å². The summed E-state index contributed by atoms with van der Waals surface area (Å²) < 4.78 is 40.0.